The third-order valence-electron chi connectivity index (χ3n) is 2.40. The van der Waals surface area contributed by atoms with E-state index < -0.39 is 0 Å². The summed E-state index contributed by atoms with van der Waals surface area (Å²) in [4.78, 5) is 0. The van der Waals surface area contributed by atoms with Crippen LogP contribution in [-0.2, 0) is 0 Å². The SMILES string of the molecule is Cc1ccc(Nc2cc(Cl)ccc2Cl)c(N)c1. The average molecular weight is 267 g/mol. The first kappa shape index (κ1) is 12.1. The van der Waals surface area contributed by atoms with Crippen LogP contribution < -0.4 is 11.1 Å². The second-order valence-corrected chi connectivity index (χ2v) is 4.68. The van der Waals surface area contributed by atoms with Gasteiger partial charge < -0.3 is 11.1 Å². The average Bonchev–Trinajstić information content (AvgIpc) is 2.27. The van der Waals surface area contributed by atoms with Crippen LogP contribution in [-0.4, -0.2) is 0 Å². The molecule has 0 saturated heterocycles. The largest absolute Gasteiger partial charge is 0.397 e. The Balaban J connectivity index is 2.34. The highest BCUT2D eigenvalue weighted by atomic mass is 35.5. The summed E-state index contributed by atoms with van der Waals surface area (Å²) in [7, 11) is 0. The minimum absolute atomic E-state index is 0.606. The Bertz CT molecular complexity index is 553. The number of nitrogens with two attached hydrogens (primary N) is 1. The van der Waals surface area contributed by atoms with Gasteiger partial charge in [0.15, 0.2) is 0 Å². The van der Waals surface area contributed by atoms with Crippen LogP contribution >= 0.6 is 23.2 Å². The summed E-state index contributed by atoms with van der Waals surface area (Å²) in [6, 6.07) is 11.1. The molecule has 0 aliphatic carbocycles. The van der Waals surface area contributed by atoms with Crippen molar-refractivity contribution in [1.29, 1.82) is 0 Å². The maximum absolute atomic E-state index is 6.07. The highest BCUT2D eigenvalue weighted by molar-refractivity contribution is 6.35. The van der Waals surface area contributed by atoms with E-state index in [1.165, 1.54) is 0 Å². The molecule has 0 aliphatic rings. The highest BCUT2D eigenvalue weighted by Crippen LogP contribution is 2.30. The van der Waals surface area contributed by atoms with Gasteiger partial charge in [0, 0.05) is 5.02 Å². The molecule has 2 rings (SSSR count). The van der Waals surface area contributed by atoms with E-state index in [0.29, 0.717) is 15.7 Å². The second kappa shape index (κ2) is 4.86. The first-order valence-corrected chi connectivity index (χ1v) is 5.90. The Hall–Kier alpha value is -1.38. The molecule has 4 heteroatoms. The van der Waals surface area contributed by atoms with Gasteiger partial charge in [-0.25, -0.2) is 0 Å². The predicted molar refractivity (Wildman–Crippen MR) is 75.3 cm³/mol. The molecule has 0 spiro atoms. The molecule has 0 heterocycles. The van der Waals surface area contributed by atoms with Gasteiger partial charge in [0.1, 0.15) is 0 Å². The van der Waals surface area contributed by atoms with Gasteiger partial charge >= 0.3 is 0 Å². The van der Waals surface area contributed by atoms with Crippen molar-refractivity contribution in [2.45, 2.75) is 6.92 Å². The van der Waals surface area contributed by atoms with E-state index >= 15 is 0 Å². The van der Waals surface area contributed by atoms with Crippen LogP contribution in [0.15, 0.2) is 36.4 Å². The second-order valence-electron chi connectivity index (χ2n) is 3.84. The Morgan fingerprint density at radius 3 is 2.47 bits per heavy atom. The summed E-state index contributed by atoms with van der Waals surface area (Å²) < 4.78 is 0. The van der Waals surface area contributed by atoms with Crippen LogP contribution in [0, 0.1) is 6.92 Å². The molecule has 2 aromatic carbocycles. The number of hydrogen-bond donors (Lipinski definition) is 2. The lowest BCUT2D eigenvalue weighted by Crippen LogP contribution is -1.97. The molecule has 2 nitrogen and oxygen atoms in total. The monoisotopic (exact) mass is 266 g/mol. The summed E-state index contributed by atoms with van der Waals surface area (Å²) >= 11 is 12.0. The van der Waals surface area contributed by atoms with E-state index in [4.69, 9.17) is 28.9 Å². The zero-order valence-electron chi connectivity index (χ0n) is 9.30. The molecule has 2 aromatic rings. The fourth-order valence-corrected chi connectivity index (χ4v) is 1.87. The number of rotatable bonds is 2. The zero-order valence-corrected chi connectivity index (χ0v) is 10.8. The maximum Gasteiger partial charge on any atom is 0.0642 e. The van der Waals surface area contributed by atoms with Crippen molar-refractivity contribution in [2.24, 2.45) is 0 Å². The van der Waals surface area contributed by atoms with E-state index in [-0.39, 0.29) is 0 Å². The molecule has 0 atom stereocenters. The van der Waals surface area contributed by atoms with Crippen molar-refractivity contribution >= 4 is 40.3 Å². The van der Waals surface area contributed by atoms with Crippen LogP contribution in [0.5, 0.6) is 0 Å². The number of halogens is 2. The number of aryl methyl sites for hydroxylation is 1. The molecule has 0 saturated carbocycles. The van der Waals surface area contributed by atoms with Crippen molar-refractivity contribution in [1.82, 2.24) is 0 Å². The van der Waals surface area contributed by atoms with Crippen LogP contribution in [0.25, 0.3) is 0 Å². The molecule has 0 unspecified atom stereocenters. The highest BCUT2D eigenvalue weighted by Gasteiger charge is 2.04. The zero-order chi connectivity index (χ0) is 12.4. The first-order valence-electron chi connectivity index (χ1n) is 5.14. The van der Waals surface area contributed by atoms with E-state index in [1.54, 1.807) is 18.2 Å². The molecule has 0 fully saturated rings. The fraction of sp³-hybridized carbons (Fsp3) is 0.0769. The molecule has 0 aliphatic heterocycles. The lowest BCUT2D eigenvalue weighted by Gasteiger charge is -2.11. The van der Waals surface area contributed by atoms with Gasteiger partial charge in [0.2, 0.25) is 0 Å². The van der Waals surface area contributed by atoms with E-state index in [2.05, 4.69) is 5.32 Å². The topological polar surface area (TPSA) is 38.0 Å². The number of nitrogens with one attached hydrogen (secondary N) is 1. The van der Waals surface area contributed by atoms with Crippen molar-refractivity contribution < 1.29 is 0 Å². The lowest BCUT2D eigenvalue weighted by atomic mass is 10.2. The molecule has 0 aromatic heterocycles. The van der Waals surface area contributed by atoms with Gasteiger partial charge in [0.05, 0.1) is 22.1 Å². The quantitative estimate of drug-likeness (QED) is 0.778. The van der Waals surface area contributed by atoms with Crippen molar-refractivity contribution in [2.75, 3.05) is 11.1 Å². The molecule has 0 radical (unpaired) electrons. The van der Waals surface area contributed by atoms with Gasteiger partial charge in [-0.2, -0.15) is 0 Å². The Morgan fingerprint density at radius 2 is 1.76 bits per heavy atom. The normalized spacial score (nSPS) is 10.3. The van der Waals surface area contributed by atoms with E-state index in [0.717, 1.165) is 16.9 Å². The minimum atomic E-state index is 0.606. The molecule has 3 N–H and O–H groups in total. The van der Waals surface area contributed by atoms with Crippen LogP contribution in [0.4, 0.5) is 17.1 Å². The fourth-order valence-electron chi connectivity index (χ4n) is 1.53. The van der Waals surface area contributed by atoms with Gasteiger partial charge in [-0.3, -0.25) is 0 Å². The maximum atomic E-state index is 6.07. The molecular weight excluding hydrogens is 255 g/mol. The summed E-state index contributed by atoms with van der Waals surface area (Å²) in [5.41, 5.74) is 9.28. The van der Waals surface area contributed by atoms with Crippen LogP contribution in [0.1, 0.15) is 5.56 Å². The summed E-state index contributed by atoms with van der Waals surface area (Å²) in [6.45, 7) is 1.99. The van der Waals surface area contributed by atoms with E-state index in [9.17, 15) is 0 Å². The van der Waals surface area contributed by atoms with Crippen LogP contribution in [0.2, 0.25) is 10.0 Å². The number of hydrogen-bond acceptors (Lipinski definition) is 2. The molecule has 17 heavy (non-hydrogen) atoms. The summed E-state index contributed by atoms with van der Waals surface area (Å²) in [5.74, 6) is 0. The third-order valence-corrected chi connectivity index (χ3v) is 2.97. The van der Waals surface area contributed by atoms with E-state index in [1.807, 2.05) is 25.1 Å². The third kappa shape index (κ3) is 2.84. The van der Waals surface area contributed by atoms with Crippen molar-refractivity contribution in [3.05, 3.63) is 52.0 Å². The van der Waals surface area contributed by atoms with Gasteiger partial charge in [-0.1, -0.05) is 29.3 Å². The van der Waals surface area contributed by atoms with Gasteiger partial charge in [0.25, 0.3) is 0 Å². The Kier molecular flexibility index (Phi) is 3.46. The first-order chi connectivity index (χ1) is 8.06. The predicted octanol–water partition coefficient (Wildman–Crippen LogP) is 4.63. The van der Waals surface area contributed by atoms with Gasteiger partial charge in [-0.05, 0) is 42.8 Å². The smallest absolute Gasteiger partial charge is 0.0642 e. The summed E-state index contributed by atoms with van der Waals surface area (Å²) in [5, 5.41) is 4.40. The number of benzene rings is 2. The standard InChI is InChI=1S/C13H12Cl2N2/c1-8-2-5-12(11(16)6-8)17-13-7-9(14)3-4-10(13)15/h2-7,17H,16H2,1H3. The Morgan fingerprint density at radius 1 is 1.00 bits per heavy atom. The van der Waals surface area contributed by atoms with Crippen molar-refractivity contribution in [3.63, 3.8) is 0 Å². The lowest BCUT2D eigenvalue weighted by molar-refractivity contribution is 1.45. The molecule has 88 valence electrons. The number of nitrogen functional groups attached to an aromatic ring is 1. The minimum Gasteiger partial charge on any atom is -0.397 e. The molecular formula is C13H12Cl2N2. The van der Waals surface area contributed by atoms with Gasteiger partial charge in [-0.15, -0.1) is 0 Å². The number of anilines is 3. The molecule has 0 bridgehead atoms. The van der Waals surface area contributed by atoms with Crippen LogP contribution in [0.3, 0.4) is 0 Å². The summed E-state index contributed by atoms with van der Waals surface area (Å²) in [6.07, 6.45) is 0. The van der Waals surface area contributed by atoms with Crippen molar-refractivity contribution in [3.8, 4) is 0 Å². The molecule has 0 amide bonds. The Labute approximate surface area is 110 Å².